The number of carbonyl (C=O) groups excluding carboxylic acids is 1. The van der Waals surface area contributed by atoms with Gasteiger partial charge in [-0.25, -0.2) is 0 Å². The van der Waals surface area contributed by atoms with Crippen LogP contribution in [0.2, 0.25) is 5.02 Å². The van der Waals surface area contributed by atoms with Crippen LogP contribution in [0.4, 0.5) is 0 Å². The molecule has 0 saturated heterocycles. The molecule has 2 aromatic heterocycles. The summed E-state index contributed by atoms with van der Waals surface area (Å²) in [5, 5.41) is 8.74. The van der Waals surface area contributed by atoms with Crippen LogP contribution in [0.3, 0.4) is 0 Å². The van der Waals surface area contributed by atoms with Gasteiger partial charge in [-0.1, -0.05) is 17.7 Å². The summed E-state index contributed by atoms with van der Waals surface area (Å²) < 4.78 is 7.01. The molecule has 0 aliphatic rings. The molecule has 0 aliphatic carbocycles. The van der Waals surface area contributed by atoms with Gasteiger partial charge < -0.3 is 9.73 Å². The van der Waals surface area contributed by atoms with Crippen LogP contribution in [-0.2, 0) is 17.8 Å². The molecule has 0 radical (unpaired) electrons. The average molecular weight is 318 g/mol. The lowest BCUT2D eigenvalue weighted by Crippen LogP contribution is -2.26. The Hall–Kier alpha value is -2.27. The Morgan fingerprint density at radius 1 is 1.32 bits per heavy atom. The summed E-state index contributed by atoms with van der Waals surface area (Å²) in [5.41, 5.74) is 0.941. The van der Waals surface area contributed by atoms with Crippen LogP contribution in [0.15, 0.2) is 47.2 Å². The Morgan fingerprint density at radius 3 is 3.05 bits per heavy atom. The number of rotatable bonds is 6. The number of nitrogens with zero attached hydrogens (tertiary/aromatic N) is 2. The van der Waals surface area contributed by atoms with Crippen molar-refractivity contribution in [2.24, 2.45) is 0 Å². The van der Waals surface area contributed by atoms with Crippen LogP contribution >= 0.6 is 11.6 Å². The molecule has 0 aliphatic heterocycles. The quantitative estimate of drug-likeness (QED) is 0.760. The number of hydrogen-bond acceptors (Lipinski definition) is 3. The van der Waals surface area contributed by atoms with Crippen LogP contribution in [0.5, 0.6) is 0 Å². The first-order valence-corrected chi connectivity index (χ1v) is 7.51. The van der Waals surface area contributed by atoms with E-state index in [2.05, 4.69) is 10.4 Å². The second-order valence-corrected chi connectivity index (χ2v) is 5.38. The lowest BCUT2D eigenvalue weighted by Gasteiger charge is -2.05. The number of benzene rings is 1. The predicted octanol–water partition coefficient (Wildman–Crippen LogP) is 3.03. The molecule has 0 unspecified atom stereocenters. The van der Waals surface area contributed by atoms with E-state index in [0.29, 0.717) is 31.0 Å². The lowest BCUT2D eigenvalue weighted by atomic mass is 10.2. The summed E-state index contributed by atoms with van der Waals surface area (Å²) in [4.78, 5) is 11.9. The van der Waals surface area contributed by atoms with E-state index in [4.69, 9.17) is 16.0 Å². The number of aryl methyl sites for hydroxylation is 1. The number of amides is 1. The molecule has 3 rings (SSSR count). The minimum Gasteiger partial charge on any atom is -0.469 e. The second-order valence-electron chi connectivity index (χ2n) is 4.97. The van der Waals surface area contributed by atoms with Gasteiger partial charge in [0.1, 0.15) is 5.76 Å². The summed E-state index contributed by atoms with van der Waals surface area (Å²) in [6.07, 6.45) is 4.43. The highest BCUT2D eigenvalue weighted by molar-refractivity contribution is 6.35. The van der Waals surface area contributed by atoms with E-state index in [1.807, 2.05) is 30.3 Å². The maximum absolute atomic E-state index is 11.9. The zero-order chi connectivity index (χ0) is 15.4. The van der Waals surface area contributed by atoms with Crippen LogP contribution in [-0.4, -0.2) is 22.2 Å². The molecule has 0 saturated carbocycles. The highest BCUT2D eigenvalue weighted by atomic mass is 35.5. The molecule has 1 aromatic carbocycles. The normalized spacial score (nSPS) is 11.0. The smallest absolute Gasteiger partial charge is 0.221 e. The van der Waals surface area contributed by atoms with Crippen molar-refractivity contribution >= 4 is 28.4 Å². The molecule has 6 heteroatoms. The van der Waals surface area contributed by atoms with Crippen molar-refractivity contribution in [3.63, 3.8) is 0 Å². The summed E-state index contributed by atoms with van der Waals surface area (Å²) in [6.45, 7) is 1.09. The van der Waals surface area contributed by atoms with E-state index >= 15 is 0 Å². The fourth-order valence-corrected chi connectivity index (χ4v) is 2.54. The average Bonchev–Trinajstić information content (AvgIpc) is 3.15. The molecule has 5 nitrogen and oxygen atoms in total. The van der Waals surface area contributed by atoms with E-state index in [1.54, 1.807) is 17.1 Å². The summed E-state index contributed by atoms with van der Waals surface area (Å²) in [6, 6.07) is 9.39. The molecule has 3 aromatic rings. The van der Waals surface area contributed by atoms with Gasteiger partial charge >= 0.3 is 0 Å². The fraction of sp³-hybridized carbons (Fsp3) is 0.250. The van der Waals surface area contributed by atoms with Gasteiger partial charge in [0.2, 0.25) is 5.91 Å². The van der Waals surface area contributed by atoms with Crippen LogP contribution in [0.1, 0.15) is 12.2 Å². The molecule has 22 heavy (non-hydrogen) atoms. The Kier molecular flexibility index (Phi) is 4.44. The summed E-state index contributed by atoms with van der Waals surface area (Å²) in [7, 11) is 0. The van der Waals surface area contributed by atoms with E-state index in [1.165, 1.54) is 0 Å². The van der Waals surface area contributed by atoms with Gasteiger partial charge in [-0.3, -0.25) is 9.48 Å². The standard InChI is InChI=1S/C16H16ClN3O2/c17-14-4-1-5-15-13(14)11-19-20(15)9-7-16(21)18-8-6-12-3-2-10-22-12/h1-5,10-11H,6-9H2,(H,18,21). The Bertz CT molecular complexity index is 765. The number of hydrogen-bond donors (Lipinski definition) is 1. The first-order valence-electron chi connectivity index (χ1n) is 7.13. The largest absolute Gasteiger partial charge is 0.469 e. The van der Waals surface area contributed by atoms with Crippen molar-refractivity contribution in [2.45, 2.75) is 19.4 Å². The van der Waals surface area contributed by atoms with Crippen molar-refractivity contribution in [1.82, 2.24) is 15.1 Å². The van der Waals surface area contributed by atoms with E-state index in [0.717, 1.165) is 16.7 Å². The number of carbonyl (C=O) groups is 1. The molecule has 1 N–H and O–H groups in total. The number of furan rings is 1. The van der Waals surface area contributed by atoms with Gasteiger partial charge in [-0.15, -0.1) is 0 Å². The summed E-state index contributed by atoms with van der Waals surface area (Å²) >= 11 is 6.11. The monoisotopic (exact) mass is 317 g/mol. The van der Waals surface area contributed by atoms with Gasteiger partial charge in [0, 0.05) is 24.8 Å². The third-order valence-electron chi connectivity index (χ3n) is 3.46. The van der Waals surface area contributed by atoms with Gasteiger partial charge in [0.25, 0.3) is 0 Å². The number of aromatic nitrogens is 2. The third-order valence-corrected chi connectivity index (χ3v) is 3.79. The maximum Gasteiger partial charge on any atom is 0.221 e. The minimum atomic E-state index is -0.00256. The first-order chi connectivity index (χ1) is 10.7. The first kappa shape index (κ1) is 14.7. The Labute approximate surface area is 132 Å². The van der Waals surface area contributed by atoms with Crippen molar-refractivity contribution in [2.75, 3.05) is 6.54 Å². The van der Waals surface area contributed by atoms with Gasteiger partial charge in [-0.2, -0.15) is 5.10 Å². The number of nitrogens with one attached hydrogen (secondary N) is 1. The van der Waals surface area contributed by atoms with Crippen molar-refractivity contribution < 1.29 is 9.21 Å². The minimum absolute atomic E-state index is 0.00256. The Balaban J connectivity index is 1.51. The second kappa shape index (κ2) is 6.66. The Morgan fingerprint density at radius 2 is 2.23 bits per heavy atom. The van der Waals surface area contributed by atoms with Gasteiger partial charge in [-0.05, 0) is 24.3 Å². The van der Waals surface area contributed by atoms with Crippen LogP contribution in [0, 0.1) is 0 Å². The molecule has 0 spiro atoms. The number of fused-ring (bicyclic) bond motifs is 1. The van der Waals surface area contributed by atoms with E-state index in [9.17, 15) is 4.79 Å². The molecule has 0 fully saturated rings. The maximum atomic E-state index is 11.9. The molecular formula is C16H16ClN3O2. The third kappa shape index (κ3) is 3.31. The highest BCUT2D eigenvalue weighted by Crippen LogP contribution is 2.22. The topological polar surface area (TPSA) is 60.1 Å². The molecule has 2 heterocycles. The lowest BCUT2D eigenvalue weighted by molar-refractivity contribution is -0.121. The molecule has 114 valence electrons. The highest BCUT2D eigenvalue weighted by Gasteiger charge is 2.07. The summed E-state index contributed by atoms with van der Waals surface area (Å²) in [5.74, 6) is 0.866. The van der Waals surface area contributed by atoms with Gasteiger partial charge in [0.15, 0.2) is 0 Å². The molecular weight excluding hydrogens is 302 g/mol. The zero-order valence-corrected chi connectivity index (χ0v) is 12.7. The van der Waals surface area contributed by atoms with E-state index in [-0.39, 0.29) is 5.91 Å². The molecule has 0 bridgehead atoms. The number of halogens is 1. The van der Waals surface area contributed by atoms with Gasteiger partial charge in [0.05, 0.1) is 29.5 Å². The SMILES string of the molecule is O=C(CCn1ncc2c(Cl)cccc21)NCCc1ccco1. The van der Waals surface area contributed by atoms with E-state index < -0.39 is 0 Å². The van der Waals surface area contributed by atoms with Crippen molar-refractivity contribution in [3.05, 3.63) is 53.6 Å². The van der Waals surface area contributed by atoms with Crippen molar-refractivity contribution in [3.8, 4) is 0 Å². The van der Waals surface area contributed by atoms with Crippen LogP contribution in [0.25, 0.3) is 10.9 Å². The predicted molar refractivity (Wildman–Crippen MR) is 84.8 cm³/mol. The molecule has 0 atom stereocenters. The molecule has 1 amide bonds. The fourth-order valence-electron chi connectivity index (χ4n) is 2.32. The van der Waals surface area contributed by atoms with Crippen LogP contribution < -0.4 is 5.32 Å². The van der Waals surface area contributed by atoms with Crippen molar-refractivity contribution in [1.29, 1.82) is 0 Å². The zero-order valence-electron chi connectivity index (χ0n) is 12.0.